The number of carbonyl (C=O) groups is 1. The summed E-state index contributed by atoms with van der Waals surface area (Å²) >= 11 is 0. The standard InChI is InChI=1S/C19H22N6O2/c1-2-27-16-7-5-15(6-8-16)24-19(26)21-10-9-20-17-13-18(23-14-22-17)25-11-3-4-12-25/h3-8,11-14H,2,9-10H2,1H3,(H,20,22,23)(H2,21,24,26). The van der Waals surface area contributed by atoms with Crippen molar-refractivity contribution in [3.05, 3.63) is 61.2 Å². The number of amides is 2. The maximum atomic E-state index is 11.9. The van der Waals surface area contributed by atoms with E-state index < -0.39 is 0 Å². The molecule has 27 heavy (non-hydrogen) atoms. The van der Waals surface area contributed by atoms with Gasteiger partial charge in [0.25, 0.3) is 0 Å². The first kappa shape index (κ1) is 18.2. The first-order valence-corrected chi connectivity index (χ1v) is 8.71. The van der Waals surface area contributed by atoms with Gasteiger partial charge in [0.1, 0.15) is 23.7 Å². The van der Waals surface area contributed by atoms with Crippen molar-refractivity contribution < 1.29 is 9.53 Å². The number of ether oxygens (including phenoxy) is 1. The second-order valence-electron chi connectivity index (χ2n) is 5.62. The van der Waals surface area contributed by atoms with Crippen LogP contribution in [0.15, 0.2) is 61.2 Å². The highest BCUT2D eigenvalue weighted by atomic mass is 16.5. The van der Waals surface area contributed by atoms with Crippen LogP contribution in [0.25, 0.3) is 5.82 Å². The molecule has 3 N–H and O–H groups in total. The van der Waals surface area contributed by atoms with Gasteiger partial charge in [-0.15, -0.1) is 0 Å². The zero-order valence-corrected chi connectivity index (χ0v) is 15.1. The SMILES string of the molecule is CCOc1ccc(NC(=O)NCCNc2cc(-n3cccc3)ncn2)cc1. The first-order valence-electron chi connectivity index (χ1n) is 8.71. The molecule has 8 heteroatoms. The Morgan fingerprint density at radius 2 is 1.89 bits per heavy atom. The third kappa shape index (κ3) is 5.46. The number of benzene rings is 1. The summed E-state index contributed by atoms with van der Waals surface area (Å²) in [6.45, 7) is 3.53. The molecule has 0 unspecified atom stereocenters. The Morgan fingerprint density at radius 3 is 2.63 bits per heavy atom. The molecule has 1 aromatic carbocycles. The van der Waals surface area contributed by atoms with E-state index in [4.69, 9.17) is 4.74 Å². The van der Waals surface area contributed by atoms with Gasteiger partial charge in [-0.3, -0.25) is 0 Å². The van der Waals surface area contributed by atoms with Crippen molar-refractivity contribution in [3.63, 3.8) is 0 Å². The summed E-state index contributed by atoms with van der Waals surface area (Å²) in [5.74, 6) is 2.25. The van der Waals surface area contributed by atoms with Crippen molar-refractivity contribution in [2.45, 2.75) is 6.92 Å². The van der Waals surface area contributed by atoms with Gasteiger partial charge in [-0.25, -0.2) is 14.8 Å². The van der Waals surface area contributed by atoms with Crippen LogP contribution in [0.5, 0.6) is 5.75 Å². The predicted octanol–water partition coefficient (Wildman–Crippen LogP) is 2.90. The summed E-state index contributed by atoms with van der Waals surface area (Å²) in [7, 11) is 0. The van der Waals surface area contributed by atoms with Crippen LogP contribution in [0.2, 0.25) is 0 Å². The van der Waals surface area contributed by atoms with Crippen molar-refractivity contribution in [2.24, 2.45) is 0 Å². The van der Waals surface area contributed by atoms with Crippen molar-refractivity contribution in [3.8, 4) is 11.6 Å². The van der Waals surface area contributed by atoms with E-state index in [0.717, 1.165) is 11.6 Å². The lowest BCUT2D eigenvalue weighted by atomic mass is 10.3. The van der Waals surface area contributed by atoms with Crippen molar-refractivity contribution >= 4 is 17.5 Å². The number of rotatable bonds is 8. The van der Waals surface area contributed by atoms with E-state index in [2.05, 4.69) is 25.9 Å². The maximum Gasteiger partial charge on any atom is 0.319 e. The Labute approximate surface area is 157 Å². The quantitative estimate of drug-likeness (QED) is 0.533. The number of urea groups is 1. The minimum absolute atomic E-state index is 0.267. The number of hydrogen-bond acceptors (Lipinski definition) is 5. The van der Waals surface area contributed by atoms with Crippen molar-refractivity contribution in [1.82, 2.24) is 19.9 Å². The van der Waals surface area contributed by atoms with Crippen LogP contribution >= 0.6 is 0 Å². The maximum absolute atomic E-state index is 11.9. The fraction of sp³-hybridized carbons (Fsp3) is 0.211. The van der Waals surface area contributed by atoms with Gasteiger partial charge in [-0.2, -0.15) is 0 Å². The van der Waals surface area contributed by atoms with Crippen molar-refractivity contribution in [1.29, 1.82) is 0 Å². The van der Waals surface area contributed by atoms with Crippen LogP contribution < -0.4 is 20.7 Å². The minimum Gasteiger partial charge on any atom is -0.494 e. The highest BCUT2D eigenvalue weighted by molar-refractivity contribution is 5.89. The molecule has 2 heterocycles. The lowest BCUT2D eigenvalue weighted by Crippen LogP contribution is -2.32. The van der Waals surface area contributed by atoms with Crippen LogP contribution in [0.4, 0.5) is 16.3 Å². The minimum atomic E-state index is -0.267. The Hall–Kier alpha value is -3.55. The topological polar surface area (TPSA) is 93.1 Å². The molecule has 0 aliphatic heterocycles. The van der Waals surface area contributed by atoms with E-state index in [-0.39, 0.29) is 6.03 Å². The summed E-state index contributed by atoms with van der Waals surface area (Å²) in [5.41, 5.74) is 0.705. The summed E-state index contributed by atoms with van der Waals surface area (Å²) in [6, 6.07) is 12.7. The average Bonchev–Trinajstić information content (AvgIpc) is 3.22. The fourth-order valence-electron chi connectivity index (χ4n) is 2.42. The van der Waals surface area contributed by atoms with E-state index in [1.807, 2.05) is 54.2 Å². The van der Waals surface area contributed by atoms with E-state index in [1.54, 1.807) is 12.1 Å². The molecule has 0 aliphatic rings. The monoisotopic (exact) mass is 366 g/mol. The Balaban J connectivity index is 1.41. The molecule has 0 radical (unpaired) electrons. The van der Waals surface area contributed by atoms with Gasteiger partial charge in [0, 0.05) is 37.2 Å². The number of nitrogens with zero attached hydrogens (tertiary/aromatic N) is 3. The normalized spacial score (nSPS) is 10.3. The highest BCUT2D eigenvalue weighted by Crippen LogP contribution is 2.15. The van der Waals surface area contributed by atoms with Gasteiger partial charge in [0.05, 0.1) is 6.61 Å². The summed E-state index contributed by atoms with van der Waals surface area (Å²) < 4.78 is 7.27. The Morgan fingerprint density at radius 1 is 1.11 bits per heavy atom. The molecule has 0 spiro atoms. The molecule has 2 amide bonds. The Bertz CT molecular complexity index is 849. The summed E-state index contributed by atoms with van der Waals surface area (Å²) in [4.78, 5) is 20.3. The molecular weight excluding hydrogens is 344 g/mol. The van der Waals surface area contributed by atoms with Crippen LogP contribution in [-0.2, 0) is 0 Å². The summed E-state index contributed by atoms with van der Waals surface area (Å²) in [5, 5.41) is 8.73. The molecule has 0 fully saturated rings. The predicted molar refractivity (Wildman–Crippen MR) is 104 cm³/mol. The van der Waals surface area contributed by atoms with Gasteiger partial charge >= 0.3 is 6.03 Å². The molecule has 140 valence electrons. The van der Waals surface area contributed by atoms with E-state index >= 15 is 0 Å². The van der Waals surface area contributed by atoms with Gasteiger partial charge in [-0.05, 0) is 43.3 Å². The van der Waals surface area contributed by atoms with Crippen LogP contribution in [-0.4, -0.2) is 40.3 Å². The van der Waals surface area contributed by atoms with Crippen molar-refractivity contribution in [2.75, 3.05) is 30.3 Å². The van der Waals surface area contributed by atoms with E-state index in [0.29, 0.717) is 31.2 Å². The number of carbonyl (C=O) groups excluding carboxylic acids is 1. The third-order valence-corrected chi connectivity index (χ3v) is 3.66. The number of aromatic nitrogens is 3. The van der Waals surface area contributed by atoms with Gasteiger partial charge in [0.15, 0.2) is 0 Å². The molecule has 2 aromatic heterocycles. The fourth-order valence-corrected chi connectivity index (χ4v) is 2.42. The molecule has 0 saturated heterocycles. The van der Waals surface area contributed by atoms with Crippen LogP contribution in [0, 0.1) is 0 Å². The second kappa shape index (κ2) is 9.23. The molecule has 0 bridgehead atoms. The van der Waals surface area contributed by atoms with Crippen LogP contribution in [0.3, 0.4) is 0 Å². The molecule has 0 aliphatic carbocycles. The Kier molecular flexibility index (Phi) is 6.24. The number of anilines is 2. The number of nitrogens with one attached hydrogen (secondary N) is 3. The zero-order valence-electron chi connectivity index (χ0n) is 15.1. The van der Waals surface area contributed by atoms with E-state index in [9.17, 15) is 4.79 Å². The third-order valence-electron chi connectivity index (χ3n) is 3.66. The molecule has 8 nitrogen and oxygen atoms in total. The second-order valence-corrected chi connectivity index (χ2v) is 5.62. The van der Waals surface area contributed by atoms with Gasteiger partial charge in [-0.1, -0.05) is 0 Å². The lowest BCUT2D eigenvalue weighted by molar-refractivity contribution is 0.252. The average molecular weight is 366 g/mol. The molecular formula is C19H22N6O2. The highest BCUT2D eigenvalue weighted by Gasteiger charge is 2.03. The van der Waals surface area contributed by atoms with Crippen LogP contribution in [0.1, 0.15) is 6.92 Å². The largest absolute Gasteiger partial charge is 0.494 e. The lowest BCUT2D eigenvalue weighted by Gasteiger charge is -2.10. The molecule has 0 saturated carbocycles. The van der Waals surface area contributed by atoms with E-state index in [1.165, 1.54) is 6.33 Å². The smallest absolute Gasteiger partial charge is 0.319 e. The molecule has 0 atom stereocenters. The van der Waals surface area contributed by atoms with Gasteiger partial charge in [0.2, 0.25) is 0 Å². The zero-order chi connectivity index (χ0) is 18.9. The van der Waals surface area contributed by atoms with Gasteiger partial charge < -0.3 is 25.3 Å². The molecule has 3 aromatic rings. The molecule has 3 rings (SSSR count). The first-order chi connectivity index (χ1) is 13.2. The number of hydrogen-bond donors (Lipinski definition) is 3. The summed E-state index contributed by atoms with van der Waals surface area (Å²) in [6.07, 6.45) is 5.33.